The van der Waals surface area contributed by atoms with E-state index in [1.165, 1.54) is 0 Å². The smallest absolute Gasteiger partial charge is 0.287 e. The zero-order valence-electron chi connectivity index (χ0n) is 11.3. The highest BCUT2D eigenvalue weighted by molar-refractivity contribution is 5.66. The third-order valence-corrected chi connectivity index (χ3v) is 3.35. The minimum Gasteiger partial charge on any atom is -0.287 e. The van der Waals surface area contributed by atoms with Crippen molar-refractivity contribution in [3.05, 3.63) is 66.7 Å². The zero-order valence-corrected chi connectivity index (χ0v) is 11.3. The minimum atomic E-state index is 0.505. The van der Waals surface area contributed by atoms with E-state index in [0.29, 0.717) is 5.95 Å². The van der Waals surface area contributed by atoms with Crippen LogP contribution in [0.25, 0.3) is 22.5 Å². The number of rotatable bonds is 2. The highest BCUT2D eigenvalue weighted by Gasteiger charge is 2.15. The molecule has 0 atom stereocenters. The van der Waals surface area contributed by atoms with Crippen molar-refractivity contribution >= 4 is 5.95 Å². The van der Waals surface area contributed by atoms with Crippen LogP contribution in [-0.2, 0) is 7.05 Å². The maximum Gasteiger partial charge on any atom is 0.390 e. The molecule has 0 radical (unpaired) electrons. The summed E-state index contributed by atoms with van der Waals surface area (Å²) in [5.41, 5.74) is 10.2. The molecule has 98 valence electrons. The fourth-order valence-corrected chi connectivity index (χ4v) is 2.22. The normalized spacial score (nSPS) is 10.4. The summed E-state index contributed by atoms with van der Waals surface area (Å²) in [6.07, 6.45) is 0. The van der Waals surface area contributed by atoms with Crippen LogP contribution >= 0.6 is 0 Å². The fraction of sp³-hybridized carbons (Fsp3) is 0.0588. The van der Waals surface area contributed by atoms with E-state index < -0.39 is 0 Å². The number of nitrogen functional groups attached to an aromatic ring is 1. The predicted molar refractivity (Wildman–Crippen MR) is 80.7 cm³/mol. The van der Waals surface area contributed by atoms with Crippen molar-refractivity contribution < 1.29 is 4.57 Å². The average Bonchev–Trinajstić information content (AvgIpc) is 2.51. The Labute approximate surface area is 118 Å². The van der Waals surface area contributed by atoms with E-state index in [1.807, 2.05) is 60.1 Å². The molecular weight excluding hydrogens is 246 g/mol. The first-order valence-corrected chi connectivity index (χ1v) is 6.53. The summed E-state index contributed by atoms with van der Waals surface area (Å²) in [4.78, 5) is 4.47. The van der Waals surface area contributed by atoms with Gasteiger partial charge in [-0.15, -0.1) is 0 Å². The van der Waals surface area contributed by atoms with Gasteiger partial charge in [0.15, 0.2) is 5.69 Å². The molecule has 20 heavy (non-hydrogen) atoms. The zero-order chi connectivity index (χ0) is 13.9. The van der Waals surface area contributed by atoms with Crippen LogP contribution in [0.15, 0.2) is 66.7 Å². The summed E-state index contributed by atoms with van der Waals surface area (Å²) in [6, 6.07) is 22.3. The topological polar surface area (TPSA) is 42.8 Å². The lowest BCUT2D eigenvalue weighted by Crippen LogP contribution is -2.36. The SMILES string of the molecule is C[n+]1c(-c2ccccc2)cc(-c2ccccc2)nc1N. The van der Waals surface area contributed by atoms with Gasteiger partial charge in [-0.3, -0.25) is 5.73 Å². The summed E-state index contributed by atoms with van der Waals surface area (Å²) >= 11 is 0. The standard InChI is InChI=1S/C17H15N3/c1-20-16(14-10-6-3-7-11-14)12-15(19-17(20)18)13-8-4-2-5-9-13/h2-12,18H,1H3/p+1. The lowest BCUT2D eigenvalue weighted by molar-refractivity contribution is -0.648. The molecule has 2 N–H and O–H groups in total. The Bertz CT molecular complexity index is 722. The molecule has 3 rings (SSSR count). The summed E-state index contributed by atoms with van der Waals surface area (Å²) in [5.74, 6) is 0.505. The summed E-state index contributed by atoms with van der Waals surface area (Å²) in [6.45, 7) is 0. The van der Waals surface area contributed by atoms with E-state index in [2.05, 4.69) is 23.2 Å². The van der Waals surface area contributed by atoms with Crippen LogP contribution in [-0.4, -0.2) is 4.98 Å². The average molecular weight is 262 g/mol. The highest BCUT2D eigenvalue weighted by atomic mass is 15.1. The Morgan fingerprint density at radius 2 is 1.40 bits per heavy atom. The van der Waals surface area contributed by atoms with Gasteiger partial charge in [-0.25, -0.2) is 4.57 Å². The van der Waals surface area contributed by atoms with Crippen LogP contribution in [0.3, 0.4) is 0 Å². The van der Waals surface area contributed by atoms with E-state index in [0.717, 1.165) is 22.5 Å². The van der Waals surface area contributed by atoms with Crippen LogP contribution in [0.1, 0.15) is 0 Å². The molecule has 0 saturated carbocycles. The molecule has 0 saturated heterocycles. The molecule has 2 aromatic carbocycles. The Kier molecular flexibility index (Phi) is 3.17. The van der Waals surface area contributed by atoms with Crippen molar-refractivity contribution in [1.29, 1.82) is 0 Å². The summed E-state index contributed by atoms with van der Waals surface area (Å²) in [7, 11) is 1.93. The first-order chi connectivity index (χ1) is 9.75. The van der Waals surface area contributed by atoms with Gasteiger partial charge in [0.2, 0.25) is 0 Å². The number of nitrogens with two attached hydrogens (primary N) is 1. The quantitative estimate of drug-likeness (QED) is 0.722. The molecule has 3 aromatic rings. The fourth-order valence-electron chi connectivity index (χ4n) is 2.22. The molecule has 0 aliphatic rings. The predicted octanol–water partition coefficient (Wildman–Crippen LogP) is 2.82. The van der Waals surface area contributed by atoms with Crippen molar-refractivity contribution in [1.82, 2.24) is 4.98 Å². The van der Waals surface area contributed by atoms with Gasteiger partial charge in [-0.2, -0.15) is 0 Å². The van der Waals surface area contributed by atoms with E-state index in [9.17, 15) is 0 Å². The molecule has 0 fully saturated rings. The van der Waals surface area contributed by atoms with Gasteiger partial charge in [0.05, 0.1) is 7.05 Å². The second-order valence-corrected chi connectivity index (χ2v) is 4.68. The van der Waals surface area contributed by atoms with Crippen LogP contribution in [0, 0.1) is 0 Å². The second-order valence-electron chi connectivity index (χ2n) is 4.68. The van der Waals surface area contributed by atoms with Gasteiger partial charge in [0.25, 0.3) is 0 Å². The van der Waals surface area contributed by atoms with E-state index in [-0.39, 0.29) is 0 Å². The van der Waals surface area contributed by atoms with Gasteiger partial charge in [0, 0.05) is 17.2 Å². The van der Waals surface area contributed by atoms with E-state index >= 15 is 0 Å². The number of anilines is 1. The van der Waals surface area contributed by atoms with Crippen LogP contribution < -0.4 is 10.3 Å². The maximum atomic E-state index is 6.05. The lowest BCUT2D eigenvalue weighted by Gasteiger charge is -2.07. The number of hydrogen-bond donors (Lipinski definition) is 1. The monoisotopic (exact) mass is 262 g/mol. The molecule has 0 spiro atoms. The van der Waals surface area contributed by atoms with Crippen molar-refractivity contribution in [3.63, 3.8) is 0 Å². The molecule has 0 amide bonds. The van der Waals surface area contributed by atoms with Crippen LogP contribution in [0.5, 0.6) is 0 Å². The third-order valence-electron chi connectivity index (χ3n) is 3.35. The number of aromatic nitrogens is 2. The molecule has 0 aliphatic carbocycles. The van der Waals surface area contributed by atoms with Crippen molar-refractivity contribution in [3.8, 4) is 22.5 Å². The summed E-state index contributed by atoms with van der Waals surface area (Å²) < 4.78 is 1.90. The first-order valence-electron chi connectivity index (χ1n) is 6.53. The number of nitrogens with zero attached hydrogens (tertiary/aromatic N) is 2. The van der Waals surface area contributed by atoms with Gasteiger partial charge >= 0.3 is 5.95 Å². The Balaban J connectivity index is 2.19. The van der Waals surface area contributed by atoms with Crippen molar-refractivity contribution in [2.45, 2.75) is 0 Å². The second kappa shape index (κ2) is 5.13. The highest BCUT2D eigenvalue weighted by Crippen LogP contribution is 2.22. The van der Waals surface area contributed by atoms with Crippen molar-refractivity contribution in [2.75, 3.05) is 5.73 Å². The third kappa shape index (κ3) is 2.26. The molecule has 1 aromatic heterocycles. The molecule has 0 unspecified atom stereocenters. The molecule has 0 aliphatic heterocycles. The molecule has 0 bridgehead atoms. The van der Waals surface area contributed by atoms with Crippen molar-refractivity contribution in [2.24, 2.45) is 7.05 Å². The maximum absolute atomic E-state index is 6.05. The van der Waals surface area contributed by atoms with Gasteiger partial charge in [-0.05, 0) is 0 Å². The Morgan fingerprint density at radius 1 is 0.850 bits per heavy atom. The number of hydrogen-bond acceptors (Lipinski definition) is 2. The van der Waals surface area contributed by atoms with Crippen LogP contribution in [0.4, 0.5) is 5.95 Å². The Hall–Kier alpha value is -2.68. The lowest BCUT2D eigenvalue weighted by atomic mass is 10.1. The van der Waals surface area contributed by atoms with Gasteiger partial charge < -0.3 is 0 Å². The molecule has 3 heteroatoms. The van der Waals surface area contributed by atoms with Gasteiger partial charge in [0.1, 0.15) is 5.69 Å². The largest absolute Gasteiger partial charge is 0.390 e. The van der Waals surface area contributed by atoms with Crippen LogP contribution in [0.2, 0.25) is 0 Å². The molecular formula is C17H16N3+. The number of benzene rings is 2. The van der Waals surface area contributed by atoms with Gasteiger partial charge in [-0.1, -0.05) is 65.6 Å². The molecule has 3 nitrogen and oxygen atoms in total. The first kappa shape index (κ1) is 12.4. The minimum absolute atomic E-state index is 0.505. The Morgan fingerprint density at radius 3 is 2.00 bits per heavy atom. The molecule has 1 heterocycles. The summed E-state index contributed by atoms with van der Waals surface area (Å²) in [5, 5.41) is 0. The van der Waals surface area contributed by atoms with E-state index in [1.54, 1.807) is 0 Å². The van der Waals surface area contributed by atoms with E-state index in [4.69, 9.17) is 5.73 Å².